The minimum absolute atomic E-state index is 0.0874. The minimum Gasteiger partial charge on any atom is -0.381 e. The molecule has 1 aromatic heterocycles. The molecule has 0 radical (unpaired) electrons. The molecule has 1 aromatic carbocycles. The van der Waals surface area contributed by atoms with Crippen molar-refractivity contribution in [3.8, 4) is 0 Å². The van der Waals surface area contributed by atoms with Crippen LogP contribution in [0.1, 0.15) is 18.4 Å². The second kappa shape index (κ2) is 7.36. The van der Waals surface area contributed by atoms with Crippen molar-refractivity contribution in [2.75, 3.05) is 40.4 Å². The van der Waals surface area contributed by atoms with E-state index in [4.69, 9.17) is 4.74 Å². The number of aromatic nitrogens is 1. The van der Waals surface area contributed by atoms with Gasteiger partial charge in [0, 0.05) is 48.8 Å². The standard InChI is InChI=1S/C19H27N3O2/c1-22(2)14-19(7-9-24-10-8-19)13-21-18(23)11-15-12-20-17-6-4-3-5-16(15)17/h3-6,12,20H,7-11,13-14H2,1-2H3,(H,21,23). The molecule has 1 aliphatic heterocycles. The number of fused-ring (bicyclic) bond motifs is 1. The number of nitrogens with zero attached hydrogens (tertiary/aromatic N) is 1. The lowest BCUT2D eigenvalue weighted by molar-refractivity contribution is -0.121. The van der Waals surface area contributed by atoms with Gasteiger partial charge in [0.1, 0.15) is 0 Å². The van der Waals surface area contributed by atoms with Crippen molar-refractivity contribution < 1.29 is 9.53 Å². The number of rotatable bonds is 6. The molecule has 2 aromatic rings. The quantitative estimate of drug-likeness (QED) is 0.854. The lowest BCUT2D eigenvalue weighted by Crippen LogP contribution is -2.47. The third-order valence-electron chi connectivity index (χ3n) is 4.89. The number of aromatic amines is 1. The van der Waals surface area contributed by atoms with Crippen LogP contribution in [0.5, 0.6) is 0 Å². The van der Waals surface area contributed by atoms with Gasteiger partial charge in [0.2, 0.25) is 5.91 Å². The van der Waals surface area contributed by atoms with E-state index in [1.165, 1.54) is 0 Å². The van der Waals surface area contributed by atoms with Crippen molar-refractivity contribution in [3.05, 3.63) is 36.0 Å². The number of carbonyl (C=O) groups is 1. The Labute approximate surface area is 143 Å². The van der Waals surface area contributed by atoms with E-state index in [1.807, 2.05) is 24.4 Å². The molecule has 2 heterocycles. The van der Waals surface area contributed by atoms with Gasteiger partial charge in [0.05, 0.1) is 6.42 Å². The molecule has 1 saturated heterocycles. The number of H-pyrrole nitrogens is 1. The van der Waals surface area contributed by atoms with Gasteiger partial charge in [0.25, 0.3) is 0 Å². The Morgan fingerprint density at radius 2 is 2.04 bits per heavy atom. The van der Waals surface area contributed by atoms with Gasteiger partial charge < -0.3 is 19.9 Å². The summed E-state index contributed by atoms with van der Waals surface area (Å²) in [6.45, 7) is 3.26. The maximum Gasteiger partial charge on any atom is 0.224 e. The van der Waals surface area contributed by atoms with E-state index in [1.54, 1.807) is 0 Å². The van der Waals surface area contributed by atoms with Crippen molar-refractivity contribution in [1.29, 1.82) is 0 Å². The number of benzene rings is 1. The third-order valence-corrected chi connectivity index (χ3v) is 4.89. The summed E-state index contributed by atoms with van der Waals surface area (Å²) in [5, 5.41) is 4.29. The summed E-state index contributed by atoms with van der Waals surface area (Å²) in [7, 11) is 4.18. The van der Waals surface area contributed by atoms with E-state index < -0.39 is 0 Å². The number of para-hydroxylation sites is 1. The van der Waals surface area contributed by atoms with Crippen LogP contribution in [0.3, 0.4) is 0 Å². The molecule has 2 N–H and O–H groups in total. The van der Waals surface area contributed by atoms with E-state index in [-0.39, 0.29) is 11.3 Å². The van der Waals surface area contributed by atoms with Crippen molar-refractivity contribution in [2.24, 2.45) is 5.41 Å². The molecule has 0 aliphatic carbocycles. The van der Waals surface area contributed by atoms with Crippen LogP contribution < -0.4 is 5.32 Å². The van der Waals surface area contributed by atoms with Crippen LogP contribution >= 0.6 is 0 Å². The van der Waals surface area contributed by atoms with Gasteiger partial charge in [-0.1, -0.05) is 18.2 Å². The molecular formula is C19H27N3O2. The molecule has 0 unspecified atom stereocenters. The van der Waals surface area contributed by atoms with Crippen molar-refractivity contribution in [3.63, 3.8) is 0 Å². The molecular weight excluding hydrogens is 302 g/mol. The lowest BCUT2D eigenvalue weighted by Gasteiger charge is -2.39. The second-order valence-corrected chi connectivity index (χ2v) is 7.16. The van der Waals surface area contributed by atoms with E-state index in [9.17, 15) is 4.79 Å². The number of amides is 1. The van der Waals surface area contributed by atoms with Gasteiger partial charge in [-0.15, -0.1) is 0 Å². The molecule has 24 heavy (non-hydrogen) atoms. The lowest BCUT2D eigenvalue weighted by atomic mass is 9.79. The average molecular weight is 329 g/mol. The summed E-state index contributed by atoms with van der Waals surface area (Å²) < 4.78 is 5.51. The average Bonchev–Trinajstić information content (AvgIpc) is 2.97. The number of hydrogen-bond acceptors (Lipinski definition) is 3. The highest BCUT2D eigenvalue weighted by atomic mass is 16.5. The Morgan fingerprint density at radius 1 is 1.29 bits per heavy atom. The Balaban J connectivity index is 1.61. The number of nitrogens with one attached hydrogen (secondary N) is 2. The zero-order chi connectivity index (χ0) is 17.0. The molecule has 0 spiro atoms. The summed E-state index contributed by atoms with van der Waals surface area (Å²) in [5.74, 6) is 0.0874. The highest BCUT2D eigenvalue weighted by Crippen LogP contribution is 2.30. The van der Waals surface area contributed by atoms with Crippen molar-refractivity contribution >= 4 is 16.8 Å². The molecule has 130 valence electrons. The van der Waals surface area contributed by atoms with Gasteiger partial charge >= 0.3 is 0 Å². The minimum atomic E-state index is 0.0874. The zero-order valence-corrected chi connectivity index (χ0v) is 14.6. The Kier molecular flexibility index (Phi) is 5.21. The van der Waals surface area contributed by atoms with Crippen LogP contribution in [-0.2, 0) is 16.0 Å². The van der Waals surface area contributed by atoms with Crippen LogP contribution in [0.15, 0.2) is 30.5 Å². The van der Waals surface area contributed by atoms with Crippen molar-refractivity contribution in [2.45, 2.75) is 19.3 Å². The van der Waals surface area contributed by atoms with Crippen LogP contribution in [-0.4, -0.2) is 56.2 Å². The van der Waals surface area contributed by atoms with Crippen LogP contribution in [0.25, 0.3) is 10.9 Å². The zero-order valence-electron chi connectivity index (χ0n) is 14.6. The highest BCUT2D eigenvalue weighted by molar-refractivity contribution is 5.88. The monoisotopic (exact) mass is 329 g/mol. The van der Waals surface area contributed by atoms with Crippen LogP contribution in [0, 0.1) is 5.41 Å². The van der Waals surface area contributed by atoms with E-state index >= 15 is 0 Å². The topological polar surface area (TPSA) is 57.4 Å². The van der Waals surface area contributed by atoms with Gasteiger partial charge in [0.15, 0.2) is 0 Å². The van der Waals surface area contributed by atoms with Gasteiger partial charge in [-0.3, -0.25) is 4.79 Å². The molecule has 1 aliphatic rings. The SMILES string of the molecule is CN(C)CC1(CNC(=O)Cc2c[nH]c3ccccc23)CCOCC1. The normalized spacial score (nSPS) is 17.3. The maximum atomic E-state index is 12.5. The fourth-order valence-corrected chi connectivity index (χ4v) is 3.67. The Hall–Kier alpha value is -1.85. The largest absolute Gasteiger partial charge is 0.381 e. The summed E-state index contributed by atoms with van der Waals surface area (Å²) in [4.78, 5) is 17.9. The molecule has 5 nitrogen and oxygen atoms in total. The summed E-state index contributed by atoms with van der Waals surface area (Å²) in [6.07, 6.45) is 4.35. The van der Waals surface area contributed by atoms with Gasteiger partial charge in [-0.05, 0) is 38.6 Å². The van der Waals surface area contributed by atoms with Crippen LogP contribution in [0.4, 0.5) is 0 Å². The summed E-state index contributed by atoms with van der Waals surface area (Å²) in [6, 6.07) is 8.09. The first kappa shape index (κ1) is 17.0. The Morgan fingerprint density at radius 3 is 2.79 bits per heavy atom. The Bertz CT molecular complexity index is 687. The summed E-state index contributed by atoms with van der Waals surface area (Å²) >= 11 is 0. The third kappa shape index (κ3) is 3.97. The molecule has 0 bridgehead atoms. The first-order chi connectivity index (χ1) is 11.6. The molecule has 0 atom stereocenters. The first-order valence-electron chi connectivity index (χ1n) is 8.62. The predicted octanol–water partition coefficient (Wildman–Crippen LogP) is 2.18. The smallest absolute Gasteiger partial charge is 0.224 e. The van der Waals surface area contributed by atoms with Crippen LogP contribution in [0.2, 0.25) is 0 Å². The second-order valence-electron chi connectivity index (χ2n) is 7.16. The number of carbonyl (C=O) groups excluding carboxylic acids is 1. The fourth-order valence-electron chi connectivity index (χ4n) is 3.67. The molecule has 1 fully saturated rings. The molecule has 5 heteroatoms. The highest BCUT2D eigenvalue weighted by Gasteiger charge is 2.33. The van der Waals surface area contributed by atoms with Gasteiger partial charge in [-0.25, -0.2) is 0 Å². The van der Waals surface area contributed by atoms with Crippen molar-refractivity contribution in [1.82, 2.24) is 15.2 Å². The molecule has 0 saturated carbocycles. The molecule has 1 amide bonds. The maximum absolute atomic E-state index is 12.5. The fraction of sp³-hybridized carbons (Fsp3) is 0.526. The number of hydrogen-bond donors (Lipinski definition) is 2. The van der Waals surface area contributed by atoms with Gasteiger partial charge in [-0.2, -0.15) is 0 Å². The van der Waals surface area contributed by atoms with E-state index in [2.05, 4.69) is 35.4 Å². The predicted molar refractivity (Wildman–Crippen MR) is 96.1 cm³/mol. The van der Waals surface area contributed by atoms with E-state index in [0.29, 0.717) is 6.42 Å². The van der Waals surface area contributed by atoms with E-state index in [0.717, 1.165) is 55.6 Å². The summed E-state index contributed by atoms with van der Waals surface area (Å²) in [5.41, 5.74) is 2.25. The first-order valence-corrected chi connectivity index (χ1v) is 8.62. The molecule has 3 rings (SSSR count). The number of ether oxygens (including phenoxy) is 1.